The SMILES string of the molecule is CCC(C)C(=O)CN1CCOC2CCCCC21. The van der Waals surface area contributed by atoms with Gasteiger partial charge >= 0.3 is 0 Å². The van der Waals surface area contributed by atoms with Crippen LogP contribution < -0.4 is 0 Å². The van der Waals surface area contributed by atoms with E-state index in [1.807, 2.05) is 6.92 Å². The fraction of sp³-hybridized carbons (Fsp3) is 0.929. The van der Waals surface area contributed by atoms with Crippen molar-refractivity contribution in [2.45, 2.75) is 58.1 Å². The molecular weight excluding hydrogens is 214 g/mol. The second-order valence-corrected chi connectivity index (χ2v) is 5.51. The molecule has 1 aliphatic carbocycles. The van der Waals surface area contributed by atoms with E-state index in [9.17, 15) is 4.79 Å². The van der Waals surface area contributed by atoms with E-state index in [0.717, 1.165) is 19.6 Å². The Labute approximate surface area is 105 Å². The van der Waals surface area contributed by atoms with Crippen molar-refractivity contribution in [1.29, 1.82) is 0 Å². The van der Waals surface area contributed by atoms with Crippen LogP contribution in [0.4, 0.5) is 0 Å². The zero-order valence-corrected chi connectivity index (χ0v) is 11.2. The summed E-state index contributed by atoms with van der Waals surface area (Å²) < 4.78 is 5.83. The molecule has 0 amide bonds. The molecule has 1 saturated carbocycles. The summed E-state index contributed by atoms with van der Waals surface area (Å²) in [6, 6.07) is 0.505. The summed E-state index contributed by atoms with van der Waals surface area (Å²) in [5.41, 5.74) is 0. The van der Waals surface area contributed by atoms with Crippen LogP contribution in [-0.4, -0.2) is 42.5 Å². The number of ether oxygens (including phenoxy) is 1. The molecule has 2 rings (SSSR count). The Morgan fingerprint density at radius 3 is 2.94 bits per heavy atom. The number of fused-ring (bicyclic) bond motifs is 1. The average molecular weight is 239 g/mol. The van der Waals surface area contributed by atoms with E-state index in [-0.39, 0.29) is 5.92 Å². The van der Waals surface area contributed by atoms with Crippen LogP contribution in [0.15, 0.2) is 0 Å². The van der Waals surface area contributed by atoms with Crippen LogP contribution in [0.25, 0.3) is 0 Å². The van der Waals surface area contributed by atoms with Crippen LogP contribution in [0.1, 0.15) is 46.0 Å². The summed E-state index contributed by atoms with van der Waals surface area (Å²) in [4.78, 5) is 14.4. The van der Waals surface area contributed by atoms with E-state index >= 15 is 0 Å². The Morgan fingerprint density at radius 1 is 1.41 bits per heavy atom. The molecule has 0 N–H and O–H groups in total. The zero-order valence-electron chi connectivity index (χ0n) is 11.2. The molecule has 17 heavy (non-hydrogen) atoms. The number of carbonyl (C=O) groups is 1. The molecule has 0 aromatic carbocycles. The first kappa shape index (κ1) is 13.0. The lowest BCUT2D eigenvalue weighted by molar-refractivity contribution is -0.130. The highest BCUT2D eigenvalue weighted by Gasteiger charge is 2.35. The summed E-state index contributed by atoms with van der Waals surface area (Å²) in [7, 11) is 0. The third-order valence-corrected chi connectivity index (χ3v) is 4.37. The third kappa shape index (κ3) is 3.08. The fourth-order valence-electron chi connectivity index (χ4n) is 2.96. The molecule has 2 aliphatic rings. The molecule has 1 heterocycles. The molecule has 0 radical (unpaired) electrons. The average Bonchev–Trinajstić information content (AvgIpc) is 2.38. The minimum absolute atomic E-state index is 0.208. The molecule has 98 valence electrons. The Hall–Kier alpha value is -0.410. The topological polar surface area (TPSA) is 29.5 Å². The predicted molar refractivity (Wildman–Crippen MR) is 68.0 cm³/mol. The van der Waals surface area contributed by atoms with Crippen molar-refractivity contribution in [2.24, 2.45) is 5.92 Å². The highest BCUT2D eigenvalue weighted by Crippen LogP contribution is 2.28. The van der Waals surface area contributed by atoms with Gasteiger partial charge in [-0.25, -0.2) is 0 Å². The molecule has 0 spiro atoms. The number of morpholine rings is 1. The van der Waals surface area contributed by atoms with Gasteiger partial charge in [0.05, 0.1) is 19.3 Å². The van der Waals surface area contributed by atoms with Crippen molar-refractivity contribution in [2.75, 3.05) is 19.7 Å². The predicted octanol–water partition coefficient (Wildman–Crippen LogP) is 2.25. The highest BCUT2D eigenvalue weighted by atomic mass is 16.5. The number of Topliss-reactive ketones (excluding diaryl/α,β-unsaturated/α-hetero) is 1. The van der Waals surface area contributed by atoms with Gasteiger partial charge in [-0.2, -0.15) is 0 Å². The number of ketones is 1. The number of carbonyl (C=O) groups excluding carboxylic acids is 1. The van der Waals surface area contributed by atoms with Crippen molar-refractivity contribution in [3.05, 3.63) is 0 Å². The number of hydrogen-bond donors (Lipinski definition) is 0. The Morgan fingerprint density at radius 2 is 2.18 bits per heavy atom. The van der Waals surface area contributed by atoms with E-state index in [1.165, 1.54) is 25.7 Å². The van der Waals surface area contributed by atoms with Gasteiger partial charge in [0.2, 0.25) is 0 Å². The maximum Gasteiger partial charge on any atom is 0.149 e. The summed E-state index contributed by atoms with van der Waals surface area (Å²) in [6.07, 6.45) is 6.31. The van der Waals surface area contributed by atoms with Gasteiger partial charge in [0.25, 0.3) is 0 Å². The number of nitrogens with zero attached hydrogens (tertiary/aromatic N) is 1. The molecule has 0 aromatic heterocycles. The molecule has 3 nitrogen and oxygen atoms in total. The molecule has 1 saturated heterocycles. The van der Waals surface area contributed by atoms with Crippen molar-refractivity contribution in [3.8, 4) is 0 Å². The lowest BCUT2D eigenvalue weighted by Gasteiger charge is -2.43. The van der Waals surface area contributed by atoms with Crippen molar-refractivity contribution in [1.82, 2.24) is 4.90 Å². The summed E-state index contributed by atoms with van der Waals surface area (Å²) in [5.74, 6) is 0.610. The second-order valence-electron chi connectivity index (χ2n) is 5.51. The molecule has 3 heteroatoms. The number of hydrogen-bond acceptors (Lipinski definition) is 3. The Bertz CT molecular complexity index is 265. The zero-order chi connectivity index (χ0) is 12.3. The standard InChI is InChI=1S/C14H25NO2/c1-3-11(2)13(16)10-15-8-9-17-14-7-5-4-6-12(14)15/h11-12,14H,3-10H2,1-2H3. The van der Waals surface area contributed by atoms with Crippen LogP contribution in [0.3, 0.4) is 0 Å². The summed E-state index contributed by atoms with van der Waals surface area (Å²) in [5, 5.41) is 0. The van der Waals surface area contributed by atoms with E-state index in [0.29, 0.717) is 24.5 Å². The van der Waals surface area contributed by atoms with Crippen LogP contribution in [0.2, 0.25) is 0 Å². The van der Waals surface area contributed by atoms with Gasteiger partial charge in [0, 0.05) is 18.5 Å². The lowest BCUT2D eigenvalue weighted by atomic mass is 9.89. The maximum atomic E-state index is 12.0. The summed E-state index contributed by atoms with van der Waals surface area (Å²) in [6.45, 7) is 6.50. The minimum Gasteiger partial charge on any atom is -0.375 e. The van der Waals surface area contributed by atoms with Gasteiger partial charge in [-0.3, -0.25) is 9.69 Å². The normalized spacial score (nSPS) is 31.9. The van der Waals surface area contributed by atoms with Gasteiger partial charge in [-0.1, -0.05) is 26.7 Å². The molecule has 0 aromatic rings. The van der Waals surface area contributed by atoms with Gasteiger partial charge < -0.3 is 4.74 Å². The first-order chi connectivity index (χ1) is 8.22. The lowest BCUT2D eigenvalue weighted by Crippen LogP contribution is -2.54. The van der Waals surface area contributed by atoms with Gasteiger partial charge in [0.1, 0.15) is 5.78 Å². The van der Waals surface area contributed by atoms with Crippen molar-refractivity contribution in [3.63, 3.8) is 0 Å². The monoisotopic (exact) mass is 239 g/mol. The smallest absolute Gasteiger partial charge is 0.149 e. The van der Waals surface area contributed by atoms with Crippen LogP contribution in [0.5, 0.6) is 0 Å². The molecule has 0 bridgehead atoms. The van der Waals surface area contributed by atoms with E-state index in [2.05, 4.69) is 11.8 Å². The highest BCUT2D eigenvalue weighted by molar-refractivity contribution is 5.82. The maximum absolute atomic E-state index is 12.0. The van der Waals surface area contributed by atoms with E-state index in [1.54, 1.807) is 0 Å². The van der Waals surface area contributed by atoms with E-state index in [4.69, 9.17) is 4.74 Å². The Kier molecular flexibility index (Phi) is 4.57. The second kappa shape index (κ2) is 5.96. The van der Waals surface area contributed by atoms with Crippen molar-refractivity contribution < 1.29 is 9.53 Å². The Balaban J connectivity index is 1.92. The largest absolute Gasteiger partial charge is 0.375 e. The molecule has 1 aliphatic heterocycles. The molecule has 3 unspecified atom stereocenters. The molecular formula is C14H25NO2. The van der Waals surface area contributed by atoms with Gasteiger partial charge in [-0.05, 0) is 19.3 Å². The summed E-state index contributed by atoms with van der Waals surface area (Å²) >= 11 is 0. The van der Waals surface area contributed by atoms with Crippen LogP contribution in [0, 0.1) is 5.92 Å². The van der Waals surface area contributed by atoms with Gasteiger partial charge in [-0.15, -0.1) is 0 Å². The van der Waals surface area contributed by atoms with Gasteiger partial charge in [0.15, 0.2) is 0 Å². The first-order valence-electron chi connectivity index (χ1n) is 7.10. The van der Waals surface area contributed by atoms with Crippen molar-refractivity contribution >= 4 is 5.78 Å². The quantitative estimate of drug-likeness (QED) is 0.753. The molecule has 2 fully saturated rings. The van der Waals surface area contributed by atoms with E-state index < -0.39 is 0 Å². The minimum atomic E-state index is 0.208. The van der Waals surface area contributed by atoms with Crippen LogP contribution in [-0.2, 0) is 9.53 Å². The fourth-order valence-corrected chi connectivity index (χ4v) is 2.96. The third-order valence-electron chi connectivity index (χ3n) is 4.37. The first-order valence-corrected chi connectivity index (χ1v) is 7.10. The van der Waals surface area contributed by atoms with Crippen LogP contribution >= 0.6 is 0 Å². The number of rotatable bonds is 4. The molecule has 3 atom stereocenters.